The Morgan fingerprint density at radius 3 is 2.74 bits per heavy atom. The number of ketones is 1. The Kier molecular flexibility index (Phi) is 9.74. The van der Waals surface area contributed by atoms with Gasteiger partial charge in [-0.05, 0) is 50.2 Å². The summed E-state index contributed by atoms with van der Waals surface area (Å²) in [6.45, 7) is 3.50. The lowest BCUT2D eigenvalue weighted by Gasteiger charge is -2.35. The number of aliphatic carboxylic acids is 1. The van der Waals surface area contributed by atoms with E-state index in [9.17, 15) is 9.59 Å². The number of carboxylic acids is 1. The Bertz CT molecular complexity index is 825. The van der Waals surface area contributed by atoms with E-state index in [2.05, 4.69) is 29.2 Å². The lowest BCUT2D eigenvalue weighted by Crippen LogP contribution is -2.49. The summed E-state index contributed by atoms with van der Waals surface area (Å²) in [6.07, 6.45) is 13.6. The first-order valence-electron chi connectivity index (χ1n) is 13.0. The first-order chi connectivity index (χ1) is 16.6. The normalized spacial score (nSPS) is 27.1. The van der Waals surface area contributed by atoms with Crippen LogP contribution in [0.4, 0.5) is 0 Å². The molecule has 1 aromatic heterocycles. The van der Waals surface area contributed by atoms with E-state index in [4.69, 9.17) is 14.6 Å². The number of morpholine rings is 1. The van der Waals surface area contributed by atoms with Crippen LogP contribution in [0.15, 0.2) is 24.3 Å². The second-order valence-corrected chi connectivity index (χ2v) is 11.1. The molecule has 0 spiro atoms. The van der Waals surface area contributed by atoms with Crippen LogP contribution >= 0.6 is 11.3 Å². The summed E-state index contributed by atoms with van der Waals surface area (Å²) in [5.74, 6) is 0.366. The second-order valence-electron chi connectivity index (χ2n) is 9.91. The summed E-state index contributed by atoms with van der Waals surface area (Å²) in [5.41, 5.74) is 0. The molecular weight excluding hydrogens is 450 g/mol. The molecule has 0 radical (unpaired) electrons. The van der Waals surface area contributed by atoms with E-state index in [1.807, 2.05) is 11.3 Å². The maximum atomic E-state index is 13.1. The number of allylic oxidation sites excluding steroid dienone is 2. The molecule has 3 atom stereocenters. The zero-order chi connectivity index (χ0) is 23.8. The van der Waals surface area contributed by atoms with E-state index in [1.54, 1.807) is 0 Å². The van der Waals surface area contributed by atoms with Crippen molar-refractivity contribution >= 4 is 23.1 Å². The van der Waals surface area contributed by atoms with Gasteiger partial charge in [-0.1, -0.05) is 31.4 Å². The maximum absolute atomic E-state index is 13.1. The van der Waals surface area contributed by atoms with Gasteiger partial charge in [0.1, 0.15) is 0 Å². The summed E-state index contributed by atoms with van der Waals surface area (Å²) in [4.78, 5) is 28.8. The number of thiophene rings is 1. The molecule has 34 heavy (non-hydrogen) atoms. The molecule has 0 amide bonds. The van der Waals surface area contributed by atoms with Gasteiger partial charge in [0.2, 0.25) is 0 Å². The van der Waals surface area contributed by atoms with Crippen molar-refractivity contribution in [2.24, 2.45) is 5.92 Å². The highest BCUT2D eigenvalue weighted by Gasteiger charge is 2.45. The predicted molar refractivity (Wildman–Crippen MR) is 133 cm³/mol. The van der Waals surface area contributed by atoms with Gasteiger partial charge in [-0.2, -0.15) is 0 Å². The molecule has 0 aromatic carbocycles. The van der Waals surface area contributed by atoms with Gasteiger partial charge in [-0.15, -0.1) is 11.3 Å². The molecule has 188 valence electrons. The van der Waals surface area contributed by atoms with Crippen LogP contribution in [0.3, 0.4) is 0 Å². The number of carboxylic acid groups (broad SMARTS) is 1. The van der Waals surface area contributed by atoms with Crippen molar-refractivity contribution in [1.29, 1.82) is 0 Å². The van der Waals surface area contributed by atoms with E-state index in [0.717, 1.165) is 25.9 Å². The van der Waals surface area contributed by atoms with Gasteiger partial charge in [0.15, 0.2) is 5.78 Å². The van der Waals surface area contributed by atoms with Crippen LogP contribution in [0.1, 0.15) is 79.9 Å². The van der Waals surface area contributed by atoms with Crippen LogP contribution in [0, 0.1) is 5.92 Å². The first-order valence-corrected chi connectivity index (χ1v) is 13.8. The number of Topliss-reactive ketones (excluding diaryl/α,β-unsaturated/α-hetero) is 1. The fraction of sp³-hybridized carbons (Fsp3) is 0.704. The average molecular weight is 490 g/mol. The number of rotatable bonds is 11. The molecule has 7 heteroatoms. The first kappa shape index (κ1) is 25.5. The molecule has 3 fully saturated rings. The Labute approximate surface area is 207 Å². The maximum Gasteiger partial charge on any atom is 0.303 e. The summed E-state index contributed by atoms with van der Waals surface area (Å²) in [6, 6.07) is 4.38. The van der Waals surface area contributed by atoms with Gasteiger partial charge >= 0.3 is 5.97 Å². The van der Waals surface area contributed by atoms with Crippen LogP contribution in [0.5, 0.6) is 0 Å². The van der Waals surface area contributed by atoms with E-state index in [0.29, 0.717) is 38.6 Å². The summed E-state index contributed by atoms with van der Waals surface area (Å²) < 4.78 is 11.9. The zero-order valence-corrected chi connectivity index (χ0v) is 21.0. The van der Waals surface area contributed by atoms with Gasteiger partial charge in [0.25, 0.3) is 0 Å². The number of hydrogen-bond donors (Lipinski definition) is 1. The molecule has 1 aromatic rings. The fourth-order valence-corrected chi connectivity index (χ4v) is 6.82. The molecule has 3 aliphatic rings. The molecular formula is C27H39NO5S. The zero-order valence-electron chi connectivity index (χ0n) is 20.2. The number of ether oxygens (including phenoxy) is 2. The molecule has 4 rings (SSSR count). The van der Waals surface area contributed by atoms with Crippen LogP contribution in [0.25, 0.3) is 0 Å². The molecule has 0 bridgehead atoms. The van der Waals surface area contributed by atoms with Crippen LogP contribution < -0.4 is 0 Å². The smallest absolute Gasteiger partial charge is 0.303 e. The Balaban J connectivity index is 1.36. The van der Waals surface area contributed by atoms with Crippen molar-refractivity contribution in [2.45, 2.75) is 88.9 Å². The van der Waals surface area contributed by atoms with Crippen molar-refractivity contribution in [1.82, 2.24) is 4.90 Å². The van der Waals surface area contributed by atoms with Crippen LogP contribution in [-0.2, 0) is 25.7 Å². The number of unbranched alkanes of at least 4 members (excludes halogenated alkanes) is 1. The predicted octanol–water partition coefficient (Wildman–Crippen LogP) is 5.17. The Hall–Kier alpha value is -1.54. The molecule has 2 aliphatic carbocycles. The number of carbonyl (C=O) groups excluding carboxylic acids is 1. The molecule has 1 saturated heterocycles. The van der Waals surface area contributed by atoms with Crippen molar-refractivity contribution < 1.29 is 24.2 Å². The number of nitrogens with zero attached hydrogens (tertiary/aromatic N) is 1. The monoisotopic (exact) mass is 489 g/mol. The highest BCUT2D eigenvalue weighted by molar-refractivity contribution is 7.12. The minimum atomic E-state index is -0.754. The minimum Gasteiger partial charge on any atom is -0.481 e. The largest absolute Gasteiger partial charge is 0.481 e. The van der Waals surface area contributed by atoms with E-state index in [1.165, 1.54) is 41.9 Å². The molecule has 2 heterocycles. The van der Waals surface area contributed by atoms with Gasteiger partial charge in [-0.3, -0.25) is 14.5 Å². The highest BCUT2D eigenvalue weighted by atomic mass is 32.1. The molecule has 1 N–H and O–H groups in total. The topological polar surface area (TPSA) is 76.1 Å². The van der Waals surface area contributed by atoms with Gasteiger partial charge in [0, 0.05) is 41.6 Å². The van der Waals surface area contributed by atoms with E-state index < -0.39 is 5.97 Å². The highest BCUT2D eigenvalue weighted by Crippen LogP contribution is 2.38. The lowest BCUT2D eigenvalue weighted by atomic mass is 9.88. The number of carbonyl (C=O) groups is 2. The van der Waals surface area contributed by atoms with Gasteiger partial charge in [-0.25, -0.2) is 0 Å². The van der Waals surface area contributed by atoms with Gasteiger partial charge in [0.05, 0.1) is 32.0 Å². The van der Waals surface area contributed by atoms with Crippen LogP contribution in [0.2, 0.25) is 0 Å². The number of hydrogen-bond acceptors (Lipinski definition) is 6. The second kappa shape index (κ2) is 13.0. The molecule has 2 saturated carbocycles. The SMILES string of the molecule is O=C(O)CCCC=CC[C@H]1[C@H](N2CCOCC2)C(=O)C[C@H]1OCc1ccc(C2CCCCC2)s1. The van der Waals surface area contributed by atoms with Crippen molar-refractivity contribution in [3.05, 3.63) is 34.0 Å². The summed E-state index contributed by atoms with van der Waals surface area (Å²) in [5, 5.41) is 8.82. The standard InChI is InChI=1S/C27H39NO5S/c29-23-18-24(33-19-21-12-13-25(34-21)20-8-4-3-5-9-20)22(10-6-1-2-7-11-26(30)31)27(23)28-14-16-32-17-15-28/h1,6,12-13,20,22,24,27H,2-5,7-11,14-19H2,(H,30,31)/t22-,24-,27+/m1/s1. The third kappa shape index (κ3) is 7.00. The van der Waals surface area contributed by atoms with Crippen molar-refractivity contribution in [3.63, 3.8) is 0 Å². The van der Waals surface area contributed by atoms with E-state index >= 15 is 0 Å². The molecule has 6 nitrogen and oxygen atoms in total. The van der Waals surface area contributed by atoms with Crippen LogP contribution in [-0.4, -0.2) is 60.2 Å². The Morgan fingerprint density at radius 1 is 1.18 bits per heavy atom. The average Bonchev–Trinajstić information content (AvgIpc) is 3.45. The fourth-order valence-electron chi connectivity index (χ4n) is 5.72. The van der Waals surface area contributed by atoms with Gasteiger partial charge < -0.3 is 14.6 Å². The summed E-state index contributed by atoms with van der Waals surface area (Å²) in [7, 11) is 0. The molecule has 1 aliphatic heterocycles. The minimum absolute atomic E-state index is 0.0794. The van der Waals surface area contributed by atoms with Crippen molar-refractivity contribution in [3.8, 4) is 0 Å². The third-order valence-electron chi connectivity index (χ3n) is 7.52. The molecule has 0 unspecified atom stereocenters. The van der Waals surface area contributed by atoms with Crippen molar-refractivity contribution in [2.75, 3.05) is 26.3 Å². The van der Waals surface area contributed by atoms with E-state index in [-0.39, 0.29) is 30.3 Å². The third-order valence-corrected chi connectivity index (χ3v) is 8.74. The Morgan fingerprint density at radius 2 is 1.97 bits per heavy atom. The quantitative estimate of drug-likeness (QED) is 0.341. The lowest BCUT2D eigenvalue weighted by molar-refractivity contribution is -0.137. The summed E-state index contributed by atoms with van der Waals surface area (Å²) >= 11 is 1.88.